The molecule has 5 atom stereocenters. The number of carbonyl (C=O) groups excluding carboxylic acids is 1. The van der Waals surface area contributed by atoms with Gasteiger partial charge in [0.05, 0.1) is 23.3 Å². The second-order valence-corrected chi connectivity index (χ2v) is 9.90. The van der Waals surface area contributed by atoms with Crippen LogP contribution in [0.25, 0.3) is 0 Å². The second-order valence-electron chi connectivity index (χ2n) is 9.90. The Balaban J connectivity index is 1.69. The van der Waals surface area contributed by atoms with E-state index in [-0.39, 0.29) is 42.6 Å². The number of rotatable bonds is 5. The zero-order valence-electron chi connectivity index (χ0n) is 20.4. The van der Waals surface area contributed by atoms with Gasteiger partial charge in [0.25, 0.3) is 0 Å². The summed E-state index contributed by atoms with van der Waals surface area (Å²) in [6.07, 6.45) is -10.9. The molecule has 2 aliphatic rings. The number of amides is 1. The minimum Gasteiger partial charge on any atom is -0.368 e. The van der Waals surface area contributed by atoms with Gasteiger partial charge < -0.3 is 14.5 Å². The van der Waals surface area contributed by atoms with Crippen molar-refractivity contribution in [2.45, 2.75) is 62.3 Å². The van der Waals surface area contributed by atoms with Crippen molar-refractivity contribution in [3.05, 3.63) is 70.5 Å². The lowest BCUT2D eigenvalue weighted by Crippen LogP contribution is -2.49. The Morgan fingerprint density at radius 1 is 0.973 bits per heavy atom. The van der Waals surface area contributed by atoms with Gasteiger partial charge in [-0.1, -0.05) is 12.1 Å². The largest absolute Gasteiger partial charge is 0.416 e. The molecule has 0 saturated carbocycles. The lowest BCUT2D eigenvalue weighted by Gasteiger charge is -2.39. The first-order valence-electron chi connectivity index (χ1n) is 11.8. The molecule has 0 N–H and O–H groups in total. The van der Waals surface area contributed by atoms with Crippen molar-refractivity contribution in [3.8, 4) is 0 Å². The molecule has 2 aromatic carbocycles. The molecule has 0 aromatic heterocycles. The number of nitrogens with zero attached hydrogens (tertiary/aromatic N) is 2. The predicted octanol–water partition coefficient (Wildman–Crippen LogP) is 6.03. The Morgan fingerprint density at radius 2 is 1.54 bits per heavy atom. The van der Waals surface area contributed by atoms with Crippen LogP contribution in [0.5, 0.6) is 0 Å². The maximum absolute atomic E-state index is 13.6. The van der Waals surface area contributed by atoms with Crippen LogP contribution in [-0.4, -0.2) is 54.5 Å². The third kappa shape index (κ3) is 5.77. The number of benzene rings is 2. The summed E-state index contributed by atoms with van der Waals surface area (Å²) >= 11 is 0. The Bertz CT molecular complexity index is 1100. The van der Waals surface area contributed by atoms with Crippen molar-refractivity contribution in [3.63, 3.8) is 0 Å². The van der Waals surface area contributed by atoms with Gasteiger partial charge in [-0.25, -0.2) is 4.39 Å². The molecule has 11 heteroatoms. The molecule has 202 valence electrons. The Labute approximate surface area is 210 Å². The van der Waals surface area contributed by atoms with Crippen LogP contribution in [0.2, 0.25) is 0 Å². The van der Waals surface area contributed by atoms with E-state index in [2.05, 4.69) is 0 Å². The van der Waals surface area contributed by atoms with Gasteiger partial charge in [0.1, 0.15) is 5.82 Å². The van der Waals surface area contributed by atoms with Crippen LogP contribution < -0.4 is 0 Å². The van der Waals surface area contributed by atoms with E-state index < -0.39 is 47.4 Å². The van der Waals surface area contributed by atoms with Gasteiger partial charge >= 0.3 is 12.4 Å². The SMILES string of the molecule is C[C@@H](O[C@H]1CN2C(=O)CC(N(C)C)C[C@H]2C1c1ccc(F)cc1)c1cc(C(F)(F)F)cc(C(F)(F)F)c1. The van der Waals surface area contributed by atoms with Crippen molar-refractivity contribution < 1.29 is 40.3 Å². The quantitative estimate of drug-likeness (QED) is 0.441. The summed E-state index contributed by atoms with van der Waals surface area (Å²) in [7, 11) is 3.72. The van der Waals surface area contributed by atoms with Gasteiger partial charge in [0.15, 0.2) is 0 Å². The molecule has 2 aliphatic heterocycles. The lowest BCUT2D eigenvalue weighted by molar-refractivity contribution is -0.143. The summed E-state index contributed by atoms with van der Waals surface area (Å²) in [5.74, 6) is -1.01. The highest BCUT2D eigenvalue weighted by Gasteiger charge is 2.49. The normalized spacial score (nSPS) is 25.5. The van der Waals surface area contributed by atoms with Gasteiger partial charge in [-0.2, -0.15) is 26.3 Å². The Kier molecular flexibility index (Phi) is 7.33. The highest BCUT2D eigenvalue weighted by molar-refractivity contribution is 5.79. The number of hydrogen-bond acceptors (Lipinski definition) is 3. The van der Waals surface area contributed by atoms with E-state index in [1.807, 2.05) is 19.0 Å². The zero-order valence-corrected chi connectivity index (χ0v) is 20.4. The molecule has 0 spiro atoms. The number of carbonyl (C=O) groups is 1. The Morgan fingerprint density at radius 3 is 2.05 bits per heavy atom. The first-order chi connectivity index (χ1) is 17.1. The van der Waals surface area contributed by atoms with Gasteiger partial charge in [-0.05, 0) is 68.9 Å². The van der Waals surface area contributed by atoms with Gasteiger partial charge in [0.2, 0.25) is 5.91 Å². The van der Waals surface area contributed by atoms with Crippen LogP contribution in [0.1, 0.15) is 54.0 Å². The monoisotopic (exact) mass is 532 g/mol. The molecular weight excluding hydrogens is 505 g/mol. The molecule has 1 amide bonds. The second kappa shape index (κ2) is 9.90. The summed E-state index contributed by atoms with van der Waals surface area (Å²) in [6.45, 7) is 1.51. The fourth-order valence-corrected chi connectivity index (χ4v) is 5.32. The fraction of sp³-hybridized carbons (Fsp3) is 0.500. The topological polar surface area (TPSA) is 32.8 Å². The number of piperidine rings is 1. The number of alkyl halides is 6. The van der Waals surface area contributed by atoms with E-state index in [1.165, 1.54) is 19.1 Å². The number of fused-ring (bicyclic) bond motifs is 1. The zero-order chi connectivity index (χ0) is 27.3. The standard InChI is InChI=1S/C26H27F7N2O2/c1-14(16-8-17(25(28,29)30)10-18(9-16)26(31,32)33)37-22-13-35-21(11-20(34(2)3)12-23(35)36)24(22)15-4-6-19(27)7-5-15/h4-10,14,20-22,24H,11-13H2,1-3H3/t14-,20?,21+,22+,24?/m1/s1. The van der Waals surface area contributed by atoms with Gasteiger partial charge in [-0.15, -0.1) is 0 Å². The van der Waals surface area contributed by atoms with Crippen LogP contribution in [0.4, 0.5) is 30.7 Å². The highest BCUT2D eigenvalue weighted by atomic mass is 19.4. The molecular formula is C26H27F7N2O2. The maximum Gasteiger partial charge on any atom is 0.416 e. The van der Waals surface area contributed by atoms with Crippen LogP contribution >= 0.6 is 0 Å². The van der Waals surface area contributed by atoms with Crippen molar-refractivity contribution in [1.29, 1.82) is 0 Å². The van der Waals surface area contributed by atoms with E-state index >= 15 is 0 Å². The minimum atomic E-state index is -4.98. The number of ether oxygens (including phenoxy) is 1. The summed E-state index contributed by atoms with van der Waals surface area (Å²) in [6, 6.07) is 6.71. The fourth-order valence-electron chi connectivity index (χ4n) is 5.32. The molecule has 0 aliphatic carbocycles. The third-order valence-corrected chi connectivity index (χ3v) is 7.28. The van der Waals surface area contributed by atoms with Crippen LogP contribution in [0.3, 0.4) is 0 Å². The van der Waals surface area contributed by atoms with Crippen LogP contribution in [-0.2, 0) is 21.9 Å². The van der Waals surface area contributed by atoms with E-state index in [0.717, 1.165) is 0 Å². The van der Waals surface area contributed by atoms with E-state index in [1.54, 1.807) is 17.0 Å². The number of hydrogen-bond donors (Lipinski definition) is 0. The predicted molar refractivity (Wildman–Crippen MR) is 121 cm³/mol. The average molecular weight is 533 g/mol. The molecule has 2 unspecified atom stereocenters. The maximum atomic E-state index is 13.6. The smallest absolute Gasteiger partial charge is 0.368 e. The lowest BCUT2D eigenvalue weighted by atomic mass is 9.84. The molecule has 2 saturated heterocycles. The van der Waals surface area contributed by atoms with Crippen LogP contribution in [0.15, 0.2) is 42.5 Å². The van der Waals surface area contributed by atoms with Crippen molar-refractivity contribution in [2.75, 3.05) is 20.6 Å². The summed E-state index contributed by atoms with van der Waals surface area (Å²) < 4.78 is 100. The molecule has 2 fully saturated rings. The van der Waals surface area contributed by atoms with Crippen LogP contribution in [0, 0.1) is 5.82 Å². The first kappa shape index (κ1) is 27.4. The summed E-state index contributed by atoms with van der Waals surface area (Å²) in [5, 5.41) is 0. The highest BCUT2D eigenvalue weighted by Crippen LogP contribution is 2.44. The first-order valence-corrected chi connectivity index (χ1v) is 11.8. The van der Waals surface area contributed by atoms with Gasteiger partial charge in [-0.3, -0.25) is 4.79 Å². The van der Waals surface area contributed by atoms with E-state index in [9.17, 15) is 35.5 Å². The van der Waals surface area contributed by atoms with E-state index in [0.29, 0.717) is 24.1 Å². The van der Waals surface area contributed by atoms with Crippen molar-refractivity contribution in [2.24, 2.45) is 0 Å². The third-order valence-electron chi connectivity index (χ3n) is 7.28. The molecule has 37 heavy (non-hydrogen) atoms. The number of halogens is 7. The summed E-state index contributed by atoms with van der Waals surface area (Å²) in [4.78, 5) is 16.6. The minimum absolute atomic E-state index is 0.0503. The molecule has 0 bridgehead atoms. The molecule has 4 rings (SSSR count). The van der Waals surface area contributed by atoms with Crippen molar-refractivity contribution >= 4 is 5.91 Å². The van der Waals surface area contributed by atoms with Gasteiger partial charge in [0, 0.05) is 31.0 Å². The molecule has 2 heterocycles. The average Bonchev–Trinajstić information content (AvgIpc) is 3.16. The molecule has 2 aromatic rings. The molecule has 0 radical (unpaired) electrons. The summed E-state index contributed by atoms with van der Waals surface area (Å²) in [5.41, 5.74) is -2.44. The molecule has 4 nitrogen and oxygen atoms in total. The Hall–Kier alpha value is -2.66. The van der Waals surface area contributed by atoms with E-state index in [4.69, 9.17) is 4.74 Å². The van der Waals surface area contributed by atoms with Crippen molar-refractivity contribution in [1.82, 2.24) is 9.80 Å².